The first-order chi connectivity index (χ1) is 8.70. The molecule has 0 radical (unpaired) electrons. The van der Waals surface area contributed by atoms with Crippen LogP contribution < -0.4 is 4.74 Å². The molecule has 0 unspecified atom stereocenters. The zero-order valence-corrected chi connectivity index (χ0v) is 11.5. The molecule has 0 saturated heterocycles. The molecule has 2 aromatic rings. The van der Waals surface area contributed by atoms with E-state index in [4.69, 9.17) is 16.3 Å². The van der Waals surface area contributed by atoms with Crippen molar-refractivity contribution in [3.63, 3.8) is 0 Å². The maximum Gasteiger partial charge on any atom is 0.238 e. The van der Waals surface area contributed by atoms with Gasteiger partial charge in [0, 0.05) is 18.0 Å². The normalized spacial score (nSPS) is 10.1. The summed E-state index contributed by atoms with van der Waals surface area (Å²) in [4.78, 5) is 19.4. The van der Waals surface area contributed by atoms with Crippen LogP contribution in [0.4, 0.5) is 0 Å². The molecule has 0 N–H and O–H groups in total. The van der Waals surface area contributed by atoms with E-state index in [0.717, 1.165) is 0 Å². The van der Waals surface area contributed by atoms with E-state index in [2.05, 4.69) is 25.9 Å². The Hall–Kier alpha value is -1.46. The molecule has 0 aromatic carbocycles. The Morgan fingerprint density at radius 1 is 1.44 bits per heavy atom. The van der Waals surface area contributed by atoms with Gasteiger partial charge < -0.3 is 4.74 Å². The summed E-state index contributed by atoms with van der Waals surface area (Å²) in [5.74, 6) is 0.694. The number of carbonyl (C=O) groups excluding carboxylic acids is 1. The van der Waals surface area contributed by atoms with E-state index < -0.39 is 0 Å². The Bertz CT molecular complexity index is 563. The standard InChI is InChI=1S/C12H8BrClN2O2/c13-5-11(17)8-4-10(14)12(16-6-8)18-9-2-1-3-15-7-9/h1-4,6-7H,5H2. The molecule has 0 atom stereocenters. The molecule has 0 amide bonds. The maximum atomic E-state index is 11.4. The second-order valence-corrected chi connectivity index (χ2v) is 4.33. The maximum absolute atomic E-state index is 11.4. The first-order valence-electron chi connectivity index (χ1n) is 5.03. The minimum atomic E-state index is -0.0858. The Balaban J connectivity index is 2.23. The number of carbonyl (C=O) groups is 1. The Morgan fingerprint density at radius 2 is 2.28 bits per heavy atom. The number of halogens is 2. The lowest BCUT2D eigenvalue weighted by atomic mass is 10.2. The molecular formula is C12H8BrClN2O2. The first-order valence-corrected chi connectivity index (χ1v) is 6.53. The Kier molecular flexibility index (Phi) is 4.28. The SMILES string of the molecule is O=C(CBr)c1cnc(Oc2cccnc2)c(Cl)c1. The van der Waals surface area contributed by atoms with Gasteiger partial charge >= 0.3 is 0 Å². The smallest absolute Gasteiger partial charge is 0.238 e. The van der Waals surface area contributed by atoms with Crippen LogP contribution in [0.5, 0.6) is 11.6 Å². The Morgan fingerprint density at radius 3 is 2.89 bits per heavy atom. The molecule has 4 nitrogen and oxygen atoms in total. The molecule has 0 aliphatic carbocycles. The van der Waals surface area contributed by atoms with E-state index in [9.17, 15) is 4.79 Å². The van der Waals surface area contributed by atoms with Crippen LogP contribution in [0.25, 0.3) is 0 Å². The van der Waals surface area contributed by atoms with Crippen molar-refractivity contribution >= 4 is 33.3 Å². The van der Waals surface area contributed by atoms with Gasteiger partial charge in [-0.15, -0.1) is 0 Å². The molecule has 0 fully saturated rings. The Labute approximate surface area is 117 Å². The highest BCUT2D eigenvalue weighted by Gasteiger charge is 2.10. The number of aromatic nitrogens is 2. The predicted octanol–water partition coefficient (Wildman–Crippen LogP) is 3.50. The lowest BCUT2D eigenvalue weighted by Crippen LogP contribution is -2.01. The summed E-state index contributed by atoms with van der Waals surface area (Å²) in [5.41, 5.74) is 0.440. The van der Waals surface area contributed by atoms with Crippen molar-refractivity contribution in [3.05, 3.63) is 47.4 Å². The van der Waals surface area contributed by atoms with Crippen LogP contribution in [0.3, 0.4) is 0 Å². The van der Waals surface area contributed by atoms with Crippen molar-refractivity contribution in [1.82, 2.24) is 9.97 Å². The van der Waals surface area contributed by atoms with Gasteiger partial charge in [-0.05, 0) is 18.2 Å². The average molecular weight is 328 g/mol. The summed E-state index contributed by atoms with van der Waals surface area (Å²) in [5, 5.41) is 0.513. The molecule has 92 valence electrons. The number of Topliss-reactive ketones (excluding diaryl/α,β-unsaturated/α-hetero) is 1. The molecule has 0 spiro atoms. The number of hydrogen-bond acceptors (Lipinski definition) is 4. The van der Waals surface area contributed by atoms with Gasteiger partial charge in [-0.2, -0.15) is 0 Å². The molecule has 0 aliphatic heterocycles. The van der Waals surface area contributed by atoms with E-state index in [0.29, 0.717) is 11.3 Å². The summed E-state index contributed by atoms with van der Waals surface area (Å²) < 4.78 is 5.45. The van der Waals surface area contributed by atoms with E-state index in [1.807, 2.05) is 0 Å². The summed E-state index contributed by atoms with van der Waals surface area (Å²) in [6, 6.07) is 5.01. The van der Waals surface area contributed by atoms with Gasteiger partial charge in [-0.3, -0.25) is 9.78 Å². The molecule has 0 aliphatic rings. The van der Waals surface area contributed by atoms with Crippen LogP contribution in [0.2, 0.25) is 5.02 Å². The van der Waals surface area contributed by atoms with Crippen LogP contribution in [-0.4, -0.2) is 21.1 Å². The van der Waals surface area contributed by atoms with Crippen molar-refractivity contribution in [1.29, 1.82) is 0 Å². The van der Waals surface area contributed by atoms with E-state index in [1.54, 1.807) is 24.5 Å². The van der Waals surface area contributed by atoms with Crippen LogP contribution in [0.1, 0.15) is 10.4 Å². The summed E-state index contributed by atoms with van der Waals surface area (Å²) >= 11 is 9.09. The van der Waals surface area contributed by atoms with Crippen molar-refractivity contribution < 1.29 is 9.53 Å². The third-order valence-corrected chi connectivity index (χ3v) is 2.88. The number of ketones is 1. The van der Waals surface area contributed by atoms with E-state index in [-0.39, 0.29) is 22.0 Å². The molecule has 2 heterocycles. The van der Waals surface area contributed by atoms with Crippen molar-refractivity contribution in [2.75, 3.05) is 5.33 Å². The second kappa shape index (κ2) is 5.93. The van der Waals surface area contributed by atoms with Crippen LogP contribution >= 0.6 is 27.5 Å². The largest absolute Gasteiger partial charge is 0.436 e. The first kappa shape index (κ1) is 13.0. The number of rotatable bonds is 4. The monoisotopic (exact) mass is 326 g/mol. The third kappa shape index (κ3) is 3.05. The molecular weight excluding hydrogens is 320 g/mol. The fourth-order valence-electron chi connectivity index (χ4n) is 1.25. The van der Waals surface area contributed by atoms with Crippen LogP contribution in [0, 0.1) is 0 Å². The zero-order valence-electron chi connectivity index (χ0n) is 9.14. The van der Waals surface area contributed by atoms with Crippen molar-refractivity contribution in [3.8, 4) is 11.6 Å². The highest BCUT2D eigenvalue weighted by molar-refractivity contribution is 9.09. The summed E-state index contributed by atoms with van der Waals surface area (Å²) in [6.07, 6.45) is 4.62. The average Bonchev–Trinajstić information content (AvgIpc) is 2.41. The van der Waals surface area contributed by atoms with Crippen LogP contribution in [-0.2, 0) is 0 Å². The molecule has 18 heavy (non-hydrogen) atoms. The third-order valence-electron chi connectivity index (χ3n) is 2.10. The lowest BCUT2D eigenvalue weighted by Gasteiger charge is -2.06. The highest BCUT2D eigenvalue weighted by atomic mass is 79.9. The van der Waals surface area contributed by atoms with Gasteiger partial charge in [0.1, 0.15) is 10.8 Å². The lowest BCUT2D eigenvalue weighted by molar-refractivity contribution is 0.102. The number of nitrogens with zero attached hydrogens (tertiary/aromatic N) is 2. The van der Waals surface area contributed by atoms with Crippen molar-refractivity contribution in [2.45, 2.75) is 0 Å². The minimum Gasteiger partial charge on any atom is -0.436 e. The molecule has 2 rings (SSSR count). The van der Waals surface area contributed by atoms with Gasteiger partial charge in [0.2, 0.25) is 5.88 Å². The molecule has 2 aromatic heterocycles. The van der Waals surface area contributed by atoms with Gasteiger partial charge in [0.25, 0.3) is 0 Å². The van der Waals surface area contributed by atoms with Crippen molar-refractivity contribution in [2.24, 2.45) is 0 Å². The number of hydrogen-bond donors (Lipinski definition) is 0. The predicted molar refractivity (Wildman–Crippen MR) is 71.7 cm³/mol. The zero-order chi connectivity index (χ0) is 13.0. The molecule has 0 bridgehead atoms. The molecule has 0 saturated carbocycles. The fraction of sp³-hybridized carbons (Fsp3) is 0.0833. The summed E-state index contributed by atoms with van der Waals surface area (Å²) in [7, 11) is 0. The highest BCUT2D eigenvalue weighted by Crippen LogP contribution is 2.27. The molecule has 6 heteroatoms. The summed E-state index contributed by atoms with van der Waals surface area (Å²) in [6.45, 7) is 0. The number of pyridine rings is 2. The second-order valence-electron chi connectivity index (χ2n) is 3.36. The van der Waals surface area contributed by atoms with Gasteiger partial charge in [0.05, 0.1) is 11.5 Å². The minimum absolute atomic E-state index is 0.0858. The number of alkyl halides is 1. The van der Waals surface area contributed by atoms with E-state index >= 15 is 0 Å². The van der Waals surface area contributed by atoms with Crippen LogP contribution in [0.15, 0.2) is 36.8 Å². The quantitative estimate of drug-likeness (QED) is 0.637. The fourth-order valence-corrected chi connectivity index (χ4v) is 1.78. The van der Waals surface area contributed by atoms with E-state index in [1.165, 1.54) is 12.3 Å². The topological polar surface area (TPSA) is 52.1 Å². The van der Waals surface area contributed by atoms with Gasteiger partial charge in [0.15, 0.2) is 5.78 Å². The number of ether oxygens (including phenoxy) is 1. The van der Waals surface area contributed by atoms with Gasteiger partial charge in [-0.25, -0.2) is 4.98 Å². The van der Waals surface area contributed by atoms with Gasteiger partial charge in [-0.1, -0.05) is 27.5 Å².